The summed E-state index contributed by atoms with van der Waals surface area (Å²) in [4.78, 5) is 12.3. The second kappa shape index (κ2) is 7.31. The molecule has 0 radical (unpaired) electrons. The molecule has 2 N–H and O–H groups in total. The van der Waals surface area contributed by atoms with Crippen molar-refractivity contribution in [1.29, 1.82) is 0 Å². The van der Waals surface area contributed by atoms with Crippen LogP contribution in [0.4, 0.5) is 0 Å². The molecular weight excluding hydrogens is 252 g/mol. The van der Waals surface area contributed by atoms with Crippen LogP contribution in [0.15, 0.2) is 0 Å². The Bertz CT molecular complexity index is 260. The molecule has 0 bridgehead atoms. The van der Waals surface area contributed by atoms with E-state index in [2.05, 4.69) is 10.6 Å². The number of halogens is 1. The number of carbonyl (C=O) groups excluding carboxylic acids is 1. The Hall–Kier alpha value is -0.320. The first kappa shape index (κ1) is 15.7. The highest BCUT2D eigenvalue weighted by molar-refractivity contribution is 5.86. The van der Waals surface area contributed by atoms with Gasteiger partial charge in [-0.25, -0.2) is 0 Å². The van der Waals surface area contributed by atoms with Gasteiger partial charge in [0.1, 0.15) is 0 Å². The van der Waals surface area contributed by atoms with Crippen molar-refractivity contribution in [2.24, 2.45) is 0 Å². The van der Waals surface area contributed by atoms with Gasteiger partial charge in [-0.2, -0.15) is 0 Å². The van der Waals surface area contributed by atoms with Gasteiger partial charge in [-0.1, -0.05) is 0 Å². The molecule has 0 aromatic heterocycles. The summed E-state index contributed by atoms with van der Waals surface area (Å²) in [6.45, 7) is 4.59. The minimum absolute atomic E-state index is 0. The summed E-state index contributed by atoms with van der Waals surface area (Å²) < 4.78 is 5.41. The number of hydrogen-bond donors (Lipinski definition) is 2. The van der Waals surface area contributed by atoms with Crippen LogP contribution in [0.3, 0.4) is 0 Å². The van der Waals surface area contributed by atoms with Gasteiger partial charge in [0.2, 0.25) is 5.91 Å². The Kier molecular flexibility index (Phi) is 6.39. The molecule has 2 heterocycles. The number of nitrogens with one attached hydrogen (secondary N) is 2. The molecule has 2 unspecified atom stereocenters. The van der Waals surface area contributed by atoms with E-state index in [1.165, 1.54) is 6.42 Å². The van der Waals surface area contributed by atoms with Gasteiger partial charge in [0, 0.05) is 19.3 Å². The molecule has 2 fully saturated rings. The fraction of sp³-hybridized carbons (Fsp3) is 0.923. The van der Waals surface area contributed by atoms with Crippen LogP contribution in [0.25, 0.3) is 0 Å². The van der Waals surface area contributed by atoms with E-state index in [1.807, 2.05) is 6.92 Å². The topological polar surface area (TPSA) is 50.4 Å². The molecule has 2 aliphatic heterocycles. The largest absolute Gasteiger partial charge is 0.381 e. The van der Waals surface area contributed by atoms with E-state index in [-0.39, 0.29) is 23.9 Å². The first-order chi connectivity index (χ1) is 8.21. The summed E-state index contributed by atoms with van der Waals surface area (Å²) in [6, 6.07) is 0.297. The van der Waals surface area contributed by atoms with Crippen LogP contribution in [0.1, 0.15) is 45.4 Å². The van der Waals surface area contributed by atoms with E-state index in [9.17, 15) is 4.79 Å². The van der Waals surface area contributed by atoms with Crippen LogP contribution < -0.4 is 10.6 Å². The van der Waals surface area contributed by atoms with Crippen molar-refractivity contribution >= 4 is 18.3 Å². The summed E-state index contributed by atoms with van der Waals surface area (Å²) >= 11 is 0. The van der Waals surface area contributed by atoms with Crippen molar-refractivity contribution in [2.75, 3.05) is 19.8 Å². The summed E-state index contributed by atoms with van der Waals surface area (Å²) in [6.07, 6.45) is 6.31. The molecule has 0 saturated carbocycles. The summed E-state index contributed by atoms with van der Waals surface area (Å²) in [7, 11) is 0. The van der Waals surface area contributed by atoms with E-state index in [0.29, 0.717) is 6.04 Å². The molecule has 2 rings (SSSR count). The third-order valence-corrected chi connectivity index (χ3v) is 3.91. The van der Waals surface area contributed by atoms with E-state index in [4.69, 9.17) is 4.74 Å². The molecule has 5 heteroatoms. The van der Waals surface area contributed by atoms with Gasteiger partial charge >= 0.3 is 0 Å². The fourth-order valence-electron chi connectivity index (χ4n) is 2.64. The van der Waals surface area contributed by atoms with Gasteiger partial charge in [-0.15, -0.1) is 12.4 Å². The van der Waals surface area contributed by atoms with Gasteiger partial charge in [0.25, 0.3) is 0 Å². The fourth-order valence-corrected chi connectivity index (χ4v) is 2.64. The zero-order valence-corrected chi connectivity index (χ0v) is 12.0. The van der Waals surface area contributed by atoms with Gasteiger partial charge in [-0.05, 0) is 52.0 Å². The summed E-state index contributed by atoms with van der Waals surface area (Å²) in [5.41, 5.74) is -0.356. The van der Waals surface area contributed by atoms with Crippen LogP contribution in [0, 0.1) is 0 Å². The average Bonchev–Trinajstić information content (AvgIpc) is 2.58. The molecule has 0 aromatic rings. The third-order valence-electron chi connectivity index (χ3n) is 3.91. The van der Waals surface area contributed by atoms with Crippen molar-refractivity contribution in [3.05, 3.63) is 0 Å². The normalized spacial score (nSPS) is 33.1. The van der Waals surface area contributed by atoms with Crippen LogP contribution >= 0.6 is 12.4 Å². The third kappa shape index (κ3) is 4.11. The van der Waals surface area contributed by atoms with Gasteiger partial charge in [-0.3, -0.25) is 4.79 Å². The average molecular weight is 277 g/mol. The number of hydrogen-bond acceptors (Lipinski definition) is 3. The molecule has 0 aromatic carbocycles. The monoisotopic (exact) mass is 276 g/mol. The zero-order chi connectivity index (χ0) is 12.1. The lowest BCUT2D eigenvalue weighted by Crippen LogP contribution is -2.58. The summed E-state index contributed by atoms with van der Waals surface area (Å²) in [5.74, 6) is 0.170. The van der Waals surface area contributed by atoms with Crippen molar-refractivity contribution in [2.45, 2.75) is 57.0 Å². The highest BCUT2D eigenvalue weighted by atomic mass is 35.5. The Morgan fingerprint density at radius 2 is 2.11 bits per heavy atom. The molecule has 2 aliphatic rings. The number of rotatable bonds is 2. The van der Waals surface area contributed by atoms with E-state index in [0.717, 1.165) is 51.9 Å². The van der Waals surface area contributed by atoms with Gasteiger partial charge in [0.15, 0.2) is 0 Å². The van der Waals surface area contributed by atoms with Crippen molar-refractivity contribution in [3.63, 3.8) is 0 Å². The van der Waals surface area contributed by atoms with Crippen LogP contribution in [0.5, 0.6) is 0 Å². The lowest BCUT2D eigenvalue weighted by Gasteiger charge is -2.34. The predicted molar refractivity (Wildman–Crippen MR) is 74.1 cm³/mol. The first-order valence-corrected chi connectivity index (χ1v) is 6.84. The maximum Gasteiger partial charge on any atom is 0.240 e. The number of amides is 1. The molecule has 4 nitrogen and oxygen atoms in total. The van der Waals surface area contributed by atoms with Crippen LogP contribution in [0.2, 0.25) is 0 Å². The molecule has 18 heavy (non-hydrogen) atoms. The lowest BCUT2D eigenvalue weighted by molar-refractivity contribution is -0.128. The Morgan fingerprint density at radius 3 is 2.83 bits per heavy atom. The van der Waals surface area contributed by atoms with E-state index < -0.39 is 0 Å². The molecule has 0 spiro atoms. The minimum atomic E-state index is -0.356. The highest BCUT2D eigenvalue weighted by Crippen LogP contribution is 2.19. The smallest absolute Gasteiger partial charge is 0.240 e. The molecular formula is C13H25ClN2O2. The number of ether oxygens (including phenoxy) is 1. The Morgan fingerprint density at radius 1 is 1.28 bits per heavy atom. The molecule has 2 atom stereocenters. The second-order valence-electron chi connectivity index (χ2n) is 5.43. The SMILES string of the molecule is CC1(C(=O)NC2CCCOCC2)CCCCN1.Cl. The van der Waals surface area contributed by atoms with Crippen LogP contribution in [-0.2, 0) is 9.53 Å². The van der Waals surface area contributed by atoms with Gasteiger partial charge < -0.3 is 15.4 Å². The Labute approximate surface area is 116 Å². The predicted octanol–water partition coefficient (Wildman–Crippen LogP) is 1.63. The standard InChI is InChI=1S/C13H24N2O2.ClH/c1-13(7-2-3-8-14-13)12(16)15-11-5-4-9-17-10-6-11;/h11,14H,2-10H2,1H3,(H,15,16);1H. The number of piperidine rings is 1. The zero-order valence-electron chi connectivity index (χ0n) is 11.2. The number of carbonyl (C=O) groups is 1. The maximum absolute atomic E-state index is 12.3. The van der Waals surface area contributed by atoms with Crippen molar-refractivity contribution in [3.8, 4) is 0 Å². The molecule has 2 saturated heterocycles. The van der Waals surface area contributed by atoms with Gasteiger partial charge in [0.05, 0.1) is 5.54 Å². The van der Waals surface area contributed by atoms with Crippen LogP contribution in [-0.4, -0.2) is 37.2 Å². The van der Waals surface area contributed by atoms with Crippen molar-refractivity contribution < 1.29 is 9.53 Å². The highest BCUT2D eigenvalue weighted by Gasteiger charge is 2.35. The van der Waals surface area contributed by atoms with Crippen molar-refractivity contribution in [1.82, 2.24) is 10.6 Å². The first-order valence-electron chi connectivity index (χ1n) is 6.84. The quantitative estimate of drug-likeness (QED) is 0.806. The summed E-state index contributed by atoms with van der Waals surface area (Å²) in [5, 5.41) is 6.54. The Balaban J connectivity index is 0.00000162. The van der Waals surface area contributed by atoms with E-state index in [1.54, 1.807) is 0 Å². The van der Waals surface area contributed by atoms with E-state index >= 15 is 0 Å². The second-order valence-corrected chi connectivity index (χ2v) is 5.43. The maximum atomic E-state index is 12.3. The molecule has 106 valence electrons. The molecule has 0 aliphatic carbocycles. The lowest BCUT2D eigenvalue weighted by atomic mass is 9.89. The molecule has 1 amide bonds. The minimum Gasteiger partial charge on any atom is -0.381 e.